The van der Waals surface area contributed by atoms with Crippen LogP contribution in [0.2, 0.25) is 0 Å². The van der Waals surface area contributed by atoms with Gasteiger partial charge in [-0.1, -0.05) is 44.6 Å². The molecule has 0 amide bonds. The summed E-state index contributed by atoms with van der Waals surface area (Å²) >= 11 is 0. The Hall–Kier alpha value is -0.520. The molecule has 2 aliphatic rings. The van der Waals surface area contributed by atoms with Gasteiger partial charge in [0.1, 0.15) is 0 Å². The molecule has 1 atom stereocenters. The molecule has 1 unspecified atom stereocenters. The lowest BCUT2D eigenvalue weighted by molar-refractivity contribution is 0.552. The van der Waals surface area contributed by atoms with Crippen LogP contribution in [0.3, 0.4) is 0 Å². The van der Waals surface area contributed by atoms with Crippen LogP contribution < -0.4 is 0 Å². The second kappa shape index (κ2) is 10.4. The number of hydrogen-bond donors (Lipinski definition) is 0. The van der Waals surface area contributed by atoms with Crippen LogP contribution in [0, 0.1) is 5.92 Å². The van der Waals surface area contributed by atoms with Crippen molar-refractivity contribution in [2.45, 2.75) is 87.5 Å². The smallest absolute Gasteiger partial charge is 0.0234 e. The summed E-state index contributed by atoms with van der Waals surface area (Å²) in [5.41, 5.74) is 4.86. The highest BCUT2D eigenvalue weighted by Gasteiger charge is 2.06. The summed E-state index contributed by atoms with van der Waals surface area (Å²) in [4.78, 5) is 0. The molecule has 2 rings (SSSR count). The van der Waals surface area contributed by atoms with Crippen molar-refractivity contribution in [3.05, 3.63) is 22.8 Å². The van der Waals surface area contributed by atoms with Gasteiger partial charge in [-0.3, -0.25) is 0 Å². The molecule has 0 saturated carbocycles. The van der Waals surface area contributed by atoms with Crippen molar-refractivity contribution in [2.24, 2.45) is 5.92 Å². The summed E-state index contributed by atoms with van der Waals surface area (Å²) in [5, 5.41) is 0. The lowest BCUT2D eigenvalue weighted by Gasteiger charge is -2.15. The van der Waals surface area contributed by atoms with E-state index in [-0.39, 0.29) is 14.9 Å². The molecular formula is C18H36. The maximum absolute atomic E-state index is 2.37. The summed E-state index contributed by atoms with van der Waals surface area (Å²) in [6, 6.07) is 0. The van der Waals surface area contributed by atoms with Crippen LogP contribution in [0.25, 0.3) is 0 Å². The average molecular weight is 252 g/mol. The number of allylic oxidation sites excluding steroid dienone is 4. The quantitative estimate of drug-likeness (QED) is 0.410. The zero-order chi connectivity index (χ0) is 12.0. The van der Waals surface area contributed by atoms with Crippen LogP contribution in [0.1, 0.15) is 87.5 Å². The molecule has 0 heterocycles. The van der Waals surface area contributed by atoms with Gasteiger partial charge in [0, 0.05) is 0 Å². The maximum Gasteiger partial charge on any atom is -0.0234 e. The highest BCUT2D eigenvalue weighted by molar-refractivity contribution is 5.11. The van der Waals surface area contributed by atoms with Gasteiger partial charge in [-0.05, 0) is 71.6 Å². The molecule has 108 valence electrons. The third-order valence-corrected chi connectivity index (χ3v) is 4.17. The molecule has 0 fully saturated rings. The van der Waals surface area contributed by atoms with E-state index in [1.54, 1.807) is 16.7 Å². The summed E-state index contributed by atoms with van der Waals surface area (Å²) in [6.45, 7) is 9.07. The van der Waals surface area contributed by atoms with Gasteiger partial charge in [0.15, 0.2) is 0 Å². The fraction of sp³-hybridized carbons (Fsp3) is 0.778. The van der Waals surface area contributed by atoms with Crippen LogP contribution in [0.5, 0.6) is 0 Å². The van der Waals surface area contributed by atoms with Gasteiger partial charge in [0.05, 0.1) is 0 Å². The van der Waals surface area contributed by atoms with Crippen molar-refractivity contribution in [1.29, 1.82) is 0 Å². The molecule has 0 aromatic carbocycles. The van der Waals surface area contributed by atoms with Crippen LogP contribution in [-0.4, -0.2) is 0 Å². The van der Waals surface area contributed by atoms with E-state index >= 15 is 0 Å². The van der Waals surface area contributed by atoms with E-state index in [1.165, 1.54) is 44.9 Å². The molecule has 0 N–H and O–H groups in total. The Balaban J connectivity index is 0. The third-order valence-electron chi connectivity index (χ3n) is 4.17. The zero-order valence-corrected chi connectivity index (χ0v) is 11.6. The summed E-state index contributed by atoms with van der Waals surface area (Å²) < 4.78 is 0. The van der Waals surface area contributed by atoms with E-state index in [9.17, 15) is 0 Å². The van der Waals surface area contributed by atoms with Gasteiger partial charge in [-0.15, -0.1) is 0 Å². The summed E-state index contributed by atoms with van der Waals surface area (Å²) in [5.74, 6) is 0.865. The first-order valence-corrected chi connectivity index (χ1v) is 6.93. The zero-order valence-electron chi connectivity index (χ0n) is 11.6. The molecule has 0 radical (unpaired) electrons. The Morgan fingerprint density at radius 1 is 0.889 bits per heavy atom. The van der Waals surface area contributed by atoms with E-state index in [2.05, 4.69) is 33.8 Å². The van der Waals surface area contributed by atoms with Gasteiger partial charge in [-0.2, -0.15) is 0 Å². The van der Waals surface area contributed by atoms with E-state index in [0.717, 1.165) is 5.92 Å². The van der Waals surface area contributed by atoms with E-state index in [4.69, 9.17) is 0 Å². The van der Waals surface area contributed by atoms with E-state index in [0.29, 0.717) is 0 Å². The minimum atomic E-state index is 0. The van der Waals surface area contributed by atoms with Crippen LogP contribution >= 0.6 is 0 Å². The monoisotopic (exact) mass is 252 g/mol. The number of hydrogen-bond acceptors (Lipinski definition) is 0. The first-order chi connectivity index (χ1) is 7.61. The van der Waals surface area contributed by atoms with Crippen molar-refractivity contribution in [3.8, 4) is 0 Å². The Kier molecular flexibility index (Phi) is 11.5. The summed E-state index contributed by atoms with van der Waals surface area (Å²) in [7, 11) is 0. The predicted octanol–water partition coefficient (Wildman–Crippen LogP) is 6.92. The minimum Gasteiger partial charge on any atom is -0.0853 e. The van der Waals surface area contributed by atoms with Crippen molar-refractivity contribution in [2.75, 3.05) is 0 Å². The largest absolute Gasteiger partial charge is 0.0853 e. The molecule has 0 bridgehead atoms. The van der Waals surface area contributed by atoms with E-state index < -0.39 is 0 Å². The highest BCUT2D eigenvalue weighted by atomic mass is 14.1. The highest BCUT2D eigenvalue weighted by Crippen LogP contribution is 2.23. The van der Waals surface area contributed by atoms with Crippen molar-refractivity contribution >= 4 is 0 Å². The van der Waals surface area contributed by atoms with E-state index in [1.807, 2.05) is 0 Å². The average Bonchev–Trinajstić information content (AvgIpc) is 2.28. The molecule has 0 saturated heterocycles. The van der Waals surface area contributed by atoms with Gasteiger partial charge in [0.2, 0.25) is 0 Å². The van der Waals surface area contributed by atoms with Crippen molar-refractivity contribution in [3.63, 3.8) is 0 Å². The fourth-order valence-corrected chi connectivity index (χ4v) is 2.39. The molecule has 0 aliphatic heterocycles. The van der Waals surface area contributed by atoms with Gasteiger partial charge in [0.25, 0.3) is 0 Å². The second-order valence-electron chi connectivity index (χ2n) is 5.55. The lowest BCUT2D eigenvalue weighted by Crippen LogP contribution is -2.00. The van der Waals surface area contributed by atoms with Gasteiger partial charge >= 0.3 is 0 Å². The minimum absolute atomic E-state index is 0. The molecule has 0 heteroatoms. The Labute approximate surface area is 117 Å². The molecule has 2 aliphatic carbocycles. The second-order valence-corrected chi connectivity index (χ2v) is 5.55. The van der Waals surface area contributed by atoms with Gasteiger partial charge < -0.3 is 0 Å². The van der Waals surface area contributed by atoms with Crippen LogP contribution in [-0.2, 0) is 0 Å². The molecule has 0 spiro atoms. The van der Waals surface area contributed by atoms with Crippen molar-refractivity contribution in [1.82, 2.24) is 0 Å². The van der Waals surface area contributed by atoms with Crippen LogP contribution in [0.15, 0.2) is 22.8 Å². The lowest BCUT2D eigenvalue weighted by atomic mass is 9.91. The van der Waals surface area contributed by atoms with Gasteiger partial charge in [-0.25, -0.2) is 0 Å². The Morgan fingerprint density at radius 2 is 1.39 bits per heavy atom. The summed E-state index contributed by atoms with van der Waals surface area (Å²) in [6.07, 6.45) is 12.0. The SMILES string of the molecule is C.C.CC1=C(C)CCCC1.CC1=CCCCC1C. The first kappa shape index (κ1) is 19.8. The molecule has 0 aromatic rings. The van der Waals surface area contributed by atoms with Crippen LogP contribution in [0.4, 0.5) is 0 Å². The Bertz CT molecular complexity index is 254. The third kappa shape index (κ3) is 7.03. The topological polar surface area (TPSA) is 0 Å². The Morgan fingerprint density at radius 3 is 1.67 bits per heavy atom. The normalized spacial score (nSPS) is 22.9. The van der Waals surface area contributed by atoms with Crippen molar-refractivity contribution < 1.29 is 0 Å². The fourth-order valence-electron chi connectivity index (χ4n) is 2.39. The first-order valence-electron chi connectivity index (χ1n) is 6.93. The molecule has 0 aromatic heterocycles. The standard InChI is InChI=1S/2C8H14.2CH4/c2*1-7-5-3-4-6-8(7)2;;/h3-6H2,1-2H3;5,8H,3-4,6H2,1-2H3;2*1H4. The predicted molar refractivity (Wildman–Crippen MR) is 87.1 cm³/mol. The molecular weight excluding hydrogens is 216 g/mol. The molecule has 18 heavy (non-hydrogen) atoms. The molecule has 0 nitrogen and oxygen atoms in total. The maximum atomic E-state index is 2.37. The number of rotatable bonds is 0.